The molecule has 1 aliphatic heterocycles. The number of hydrogen-bond acceptors (Lipinski definition) is 4. The van der Waals surface area contributed by atoms with Gasteiger partial charge in [0.15, 0.2) is 0 Å². The van der Waals surface area contributed by atoms with Crippen LogP contribution in [0.3, 0.4) is 0 Å². The van der Waals surface area contributed by atoms with Crippen molar-refractivity contribution in [3.8, 4) is 0 Å². The smallest absolute Gasteiger partial charge is 0.302 e. The maximum Gasteiger partial charge on any atom is 0.302 e. The molecule has 1 fully saturated rings. The fourth-order valence-corrected chi connectivity index (χ4v) is 2.46. The molecule has 0 amide bonds. The molecular formula is C14H28Cl2N2O4. The first-order valence-corrected chi connectivity index (χ1v) is 7.19. The molecule has 0 N–H and O–H groups in total. The summed E-state index contributed by atoms with van der Waals surface area (Å²) in [7, 11) is 4.41. The highest BCUT2D eigenvalue weighted by molar-refractivity contribution is 5.66. The molecule has 1 heterocycles. The lowest BCUT2D eigenvalue weighted by Gasteiger charge is -2.46. The van der Waals surface area contributed by atoms with Crippen molar-refractivity contribution in [3.05, 3.63) is 0 Å². The standard InChI is InChI=1S/C14H28N2O4.2ClH/c1-13(17)19-11-9-15(3)5-7-16(4,8-6-15)10-12-20-14(2)18;;/h5-12H2,1-4H3;2*1H/q+2;;/p-2. The largest absolute Gasteiger partial charge is 1.00 e. The lowest BCUT2D eigenvalue weighted by Crippen LogP contribution is -3.00. The van der Waals surface area contributed by atoms with E-state index in [0.717, 1.165) is 48.2 Å². The van der Waals surface area contributed by atoms with Gasteiger partial charge in [-0.15, -0.1) is 0 Å². The molecule has 0 atom stereocenters. The van der Waals surface area contributed by atoms with Crippen LogP contribution < -0.4 is 24.8 Å². The minimum absolute atomic E-state index is 0. The first-order chi connectivity index (χ1) is 9.25. The normalized spacial score (nSPS) is 27.1. The lowest BCUT2D eigenvalue weighted by molar-refractivity contribution is -1.02. The van der Waals surface area contributed by atoms with E-state index in [0.29, 0.717) is 13.2 Å². The Hall–Kier alpha value is -0.560. The van der Waals surface area contributed by atoms with Gasteiger partial charge < -0.3 is 43.3 Å². The van der Waals surface area contributed by atoms with Crippen LogP contribution in [0.15, 0.2) is 0 Å². The molecule has 0 bridgehead atoms. The molecule has 8 heteroatoms. The molecule has 1 aliphatic rings. The zero-order valence-corrected chi connectivity index (χ0v) is 15.5. The fourth-order valence-electron chi connectivity index (χ4n) is 2.46. The highest BCUT2D eigenvalue weighted by Crippen LogP contribution is 2.15. The van der Waals surface area contributed by atoms with E-state index in [1.165, 1.54) is 13.8 Å². The van der Waals surface area contributed by atoms with Crippen LogP contribution in [0.1, 0.15) is 13.8 Å². The number of ether oxygens (including phenoxy) is 2. The Morgan fingerprint density at radius 3 is 1.27 bits per heavy atom. The minimum Gasteiger partial charge on any atom is -1.00 e. The monoisotopic (exact) mass is 358 g/mol. The Morgan fingerprint density at radius 1 is 0.773 bits per heavy atom. The molecule has 0 spiro atoms. The van der Waals surface area contributed by atoms with Crippen LogP contribution in [-0.4, -0.2) is 87.5 Å². The zero-order valence-electron chi connectivity index (χ0n) is 13.9. The summed E-state index contributed by atoms with van der Waals surface area (Å²) in [6.07, 6.45) is 0. The van der Waals surface area contributed by atoms with Gasteiger partial charge >= 0.3 is 11.9 Å². The summed E-state index contributed by atoms with van der Waals surface area (Å²) in [5.74, 6) is -0.425. The van der Waals surface area contributed by atoms with E-state index in [1.54, 1.807) is 0 Å². The highest BCUT2D eigenvalue weighted by Gasteiger charge is 2.36. The maximum absolute atomic E-state index is 10.8. The van der Waals surface area contributed by atoms with Crippen molar-refractivity contribution in [1.29, 1.82) is 0 Å². The van der Waals surface area contributed by atoms with Crippen LogP contribution in [0.2, 0.25) is 0 Å². The van der Waals surface area contributed by atoms with Crippen LogP contribution in [0.4, 0.5) is 0 Å². The van der Waals surface area contributed by atoms with Crippen molar-refractivity contribution in [2.24, 2.45) is 0 Å². The molecule has 1 saturated heterocycles. The molecule has 0 saturated carbocycles. The Labute approximate surface area is 145 Å². The van der Waals surface area contributed by atoms with Gasteiger partial charge in [-0.2, -0.15) is 0 Å². The average molecular weight is 359 g/mol. The summed E-state index contributed by atoms with van der Waals surface area (Å²) in [5, 5.41) is 0. The van der Waals surface area contributed by atoms with Crippen molar-refractivity contribution >= 4 is 11.9 Å². The van der Waals surface area contributed by atoms with E-state index in [4.69, 9.17) is 9.47 Å². The topological polar surface area (TPSA) is 52.6 Å². The lowest BCUT2D eigenvalue weighted by atomic mass is 10.2. The van der Waals surface area contributed by atoms with Gasteiger partial charge in [-0.05, 0) is 0 Å². The number of carbonyl (C=O) groups is 2. The van der Waals surface area contributed by atoms with E-state index in [9.17, 15) is 9.59 Å². The summed E-state index contributed by atoms with van der Waals surface area (Å²) >= 11 is 0. The number of carbonyl (C=O) groups excluding carboxylic acids is 2. The third-order valence-electron chi connectivity index (χ3n) is 4.23. The quantitative estimate of drug-likeness (QED) is 0.350. The molecule has 0 aromatic carbocycles. The van der Waals surface area contributed by atoms with Crippen molar-refractivity contribution in [1.82, 2.24) is 0 Å². The third-order valence-corrected chi connectivity index (χ3v) is 4.23. The Balaban J connectivity index is 0. The van der Waals surface area contributed by atoms with E-state index in [1.807, 2.05) is 0 Å². The molecule has 22 heavy (non-hydrogen) atoms. The Morgan fingerprint density at radius 2 is 1.05 bits per heavy atom. The van der Waals surface area contributed by atoms with Gasteiger partial charge in [0.25, 0.3) is 0 Å². The second kappa shape index (κ2) is 10.3. The summed E-state index contributed by atoms with van der Waals surface area (Å²) in [5.41, 5.74) is 0. The molecule has 132 valence electrons. The molecule has 0 radical (unpaired) electrons. The van der Waals surface area contributed by atoms with Gasteiger partial charge in [-0.3, -0.25) is 9.59 Å². The number of halogens is 2. The van der Waals surface area contributed by atoms with Gasteiger partial charge in [0, 0.05) is 13.8 Å². The van der Waals surface area contributed by atoms with Gasteiger partial charge in [-0.1, -0.05) is 0 Å². The van der Waals surface area contributed by atoms with E-state index >= 15 is 0 Å². The Kier molecular flexibility index (Phi) is 11.1. The van der Waals surface area contributed by atoms with Crippen molar-refractivity contribution in [3.63, 3.8) is 0 Å². The fraction of sp³-hybridized carbons (Fsp3) is 0.857. The number of quaternary nitrogens is 2. The first kappa shape index (κ1) is 23.7. The molecule has 6 nitrogen and oxygen atoms in total. The predicted molar refractivity (Wildman–Crippen MR) is 74.8 cm³/mol. The average Bonchev–Trinajstić information content (AvgIpc) is 2.33. The van der Waals surface area contributed by atoms with E-state index in [-0.39, 0.29) is 36.8 Å². The van der Waals surface area contributed by atoms with Crippen LogP contribution >= 0.6 is 0 Å². The number of esters is 2. The second-order valence-electron chi connectivity index (χ2n) is 6.26. The van der Waals surface area contributed by atoms with Crippen LogP contribution in [-0.2, 0) is 19.1 Å². The minimum atomic E-state index is -0.212. The van der Waals surface area contributed by atoms with Gasteiger partial charge in [0.2, 0.25) is 0 Å². The number of likely N-dealkylation sites (N-methyl/N-ethyl adjacent to an activating group) is 2. The molecule has 0 aromatic heterocycles. The van der Waals surface area contributed by atoms with Crippen molar-refractivity contribution < 1.29 is 52.8 Å². The number of rotatable bonds is 6. The SMILES string of the molecule is CC(=O)OCC[N+]1(C)CC[N+](C)(CCOC(C)=O)CC1.[Cl-].[Cl-]. The van der Waals surface area contributed by atoms with Gasteiger partial charge in [0.1, 0.15) is 52.5 Å². The maximum atomic E-state index is 10.8. The molecule has 0 aliphatic carbocycles. The second-order valence-corrected chi connectivity index (χ2v) is 6.26. The summed E-state index contributed by atoms with van der Waals surface area (Å²) in [6, 6.07) is 0. The zero-order chi connectivity index (χ0) is 15.2. The number of nitrogens with zero attached hydrogens (tertiary/aromatic N) is 2. The molecule has 0 aromatic rings. The molecule has 0 unspecified atom stereocenters. The van der Waals surface area contributed by atoms with Crippen LogP contribution in [0.25, 0.3) is 0 Å². The predicted octanol–water partition coefficient (Wildman–Crippen LogP) is -5.97. The van der Waals surface area contributed by atoms with E-state index < -0.39 is 0 Å². The summed E-state index contributed by atoms with van der Waals surface area (Å²) in [4.78, 5) is 21.6. The highest BCUT2D eigenvalue weighted by atomic mass is 35.5. The van der Waals surface area contributed by atoms with Crippen molar-refractivity contribution in [2.75, 3.05) is 66.6 Å². The third kappa shape index (κ3) is 8.78. The number of piperazine rings is 1. The summed E-state index contributed by atoms with van der Waals surface area (Å²) < 4.78 is 12.0. The van der Waals surface area contributed by atoms with Gasteiger partial charge in [0.05, 0.1) is 14.1 Å². The van der Waals surface area contributed by atoms with Gasteiger partial charge in [-0.25, -0.2) is 0 Å². The Bertz CT molecular complexity index is 325. The molecule has 1 rings (SSSR count). The van der Waals surface area contributed by atoms with Crippen LogP contribution in [0, 0.1) is 0 Å². The molecular weight excluding hydrogens is 331 g/mol. The number of hydrogen-bond donors (Lipinski definition) is 0. The summed E-state index contributed by atoms with van der Waals surface area (Å²) in [6.45, 7) is 9.81. The van der Waals surface area contributed by atoms with Crippen LogP contribution in [0.5, 0.6) is 0 Å². The van der Waals surface area contributed by atoms with E-state index in [2.05, 4.69) is 14.1 Å². The first-order valence-electron chi connectivity index (χ1n) is 7.19. The van der Waals surface area contributed by atoms with Crippen molar-refractivity contribution in [2.45, 2.75) is 13.8 Å².